The standard InChI is InChI=1S/C27H19N3O3/c31-26(30-24-12-5-4-11-22(24)27(32)33)23-18-19(13-15-20-8-6-7-17-28-20)14-16-25(23)29-21-9-2-1-3-10-21/h1-12,14,16-18,29H,(H,30,31)(H,32,33). The normalized spacial score (nSPS) is 9.94. The molecular formula is C27H19N3O3. The summed E-state index contributed by atoms with van der Waals surface area (Å²) in [5.41, 5.74) is 3.16. The largest absolute Gasteiger partial charge is 0.478 e. The Morgan fingerprint density at radius 3 is 2.27 bits per heavy atom. The predicted molar refractivity (Wildman–Crippen MR) is 128 cm³/mol. The second kappa shape index (κ2) is 9.94. The van der Waals surface area contributed by atoms with Gasteiger partial charge < -0.3 is 15.7 Å². The summed E-state index contributed by atoms with van der Waals surface area (Å²) >= 11 is 0. The average molecular weight is 433 g/mol. The van der Waals surface area contributed by atoms with Crippen LogP contribution in [-0.2, 0) is 0 Å². The van der Waals surface area contributed by atoms with Gasteiger partial charge in [-0.2, -0.15) is 0 Å². The van der Waals surface area contributed by atoms with E-state index in [1.165, 1.54) is 6.07 Å². The number of carboxylic acid groups (broad SMARTS) is 1. The number of aromatic carboxylic acids is 1. The molecule has 160 valence electrons. The Labute approximate surface area is 190 Å². The van der Waals surface area contributed by atoms with Gasteiger partial charge in [-0.1, -0.05) is 42.3 Å². The van der Waals surface area contributed by atoms with Gasteiger partial charge in [-0.3, -0.25) is 4.79 Å². The second-order valence-electron chi connectivity index (χ2n) is 7.02. The van der Waals surface area contributed by atoms with Crippen LogP contribution in [0.4, 0.5) is 17.1 Å². The van der Waals surface area contributed by atoms with E-state index in [2.05, 4.69) is 27.5 Å². The first-order valence-corrected chi connectivity index (χ1v) is 10.1. The zero-order chi connectivity index (χ0) is 23.0. The van der Waals surface area contributed by atoms with Crippen molar-refractivity contribution in [3.63, 3.8) is 0 Å². The molecule has 4 aromatic rings. The molecule has 3 N–H and O–H groups in total. The van der Waals surface area contributed by atoms with Crippen LogP contribution in [0.25, 0.3) is 0 Å². The monoisotopic (exact) mass is 433 g/mol. The quantitative estimate of drug-likeness (QED) is 0.378. The molecule has 0 radical (unpaired) electrons. The van der Waals surface area contributed by atoms with Crippen molar-refractivity contribution in [2.24, 2.45) is 0 Å². The molecular weight excluding hydrogens is 414 g/mol. The van der Waals surface area contributed by atoms with E-state index in [9.17, 15) is 14.7 Å². The Morgan fingerprint density at radius 2 is 1.52 bits per heavy atom. The second-order valence-corrected chi connectivity index (χ2v) is 7.02. The first-order chi connectivity index (χ1) is 16.1. The van der Waals surface area contributed by atoms with Gasteiger partial charge in [-0.15, -0.1) is 0 Å². The molecule has 0 aliphatic rings. The van der Waals surface area contributed by atoms with Crippen molar-refractivity contribution in [2.45, 2.75) is 0 Å². The van der Waals surface area contributed by atoms with E-state index in [4.69, 9.17) is 0 Å². The minimum Gasteiger partial charge on any atom is -0.478 e. The molecule has 0 spiro atoms. The number of hydrogen-bond acceptors (Lipinski definition) is 4. The number of hydrogen-bond donors (Lipinski definition) is 3. The molecule has 1 amide bonds. The van der Waals surface area contributed by atoms with E-state index in [-0.39, 0.29) is 11.3 Å². The van der Waals surface area contributed by atoms with Crippen LogP contribution in [0, 0.1) is 11.8 Å². The Balaban J connectivity index is 1.70. The van der Waals surface area contributed by atoms with Crippen LogP contribution in [0.15, 0.2) is 97.2 Å². The molecule has 0 atom stereocenters. The van der Waals surface area contributed by atoms with Gasteiger partial charge in [0, 0.05) is 17.4 Å². The Kier molecular flexibility index (Phi) is 6.43. The van der Waals surface area contributed by atoms with E-state index in [1.54, 1.807) is 42.6 Å². The van der Waals surface area contributed by atoms with Crippen LogP contribution in [-0.4, -0.2) is 22.0 Å². The van der Waals surface area contributed by atoms with Gasteiger partial charge in [0.25, 0.3) is 5.91 Å². The van der Waals surface area contributed by atoms with Crippen molar-refractivity contribution < 1.29 is 14.7 Å². The molecule has 0 saturated carbocycles. The van der Waals surface area contributed by atoms with Crippen molar-refractivity contribution >= 4 is 28.9 Å². The maximum absolute atomic E-state index is 13.2. The van der Waals surface area contributed by atoms with Crippen molar-refractivity contribution in [3.05, 3.63) is 120 Å². The molecule has 6 nitrogen and oxygen atoms in total. The van der Waals surface area contributed by atoms with E-state index in [0.29, 0.717) is 22.5 Å². The first kappa shape index (κ1) is 21.3. The van der Waals surface area contributed by atoms with Crippen LogP contribution in [0.5, 0.6) is 0 Å². The molecule has 0 saturated heterocycles. The number of aromatic nitrogens is 1. The number of pyridine rings is 1. The Morgan fingerprint density at radius 1 is 0.758 bits per heavy atom. The Hall–Kier alpha value is -4.89. The van der Waals surface area contributed by atoms with Gasteiger partial charge in [-0.25, -0.2) is 9.78 Å². The van der Waals surface area contributed by atoms with Gasteiger partial charge in [0.1, 0.15) is 5.69 Å². The predicted octanol–water partition coefficient (Wildman–Crippen LogP) is 5.18. The number of para-hydroxylation sites is 2. The molecule has 0 fully saturated rings. The van der Waals surface area contributed by atoms with Gasteiger partial charge in [0.2, 0.25) is 0 Å². The number of nitrogens with one attached hydrogen (secondary N) is 2. The molecule has 3 aromatic carbocycles. The number of carbonyl (C=O) groups excluding carboxylic acids is 1. The van der Waals surface area contributed by atoms with Crippen molar-refractivity contribution in [1.29, 1.82) is 0 Å². The molecule has 0 aliphatic heterocycles. The first-order valence-electron chi connectivity index (χ1n) is 10.1. The van der Waals surface area contributed by atoms with Crippen molar-refractivity contribution in [1.82, 2.24) is 4.98 Å². The fourth-order valence-corrected chi connectivity index (χ4v) is 3.14. The number of carbonyl (C=O) groups is 2. The topological polar surface area (TPSA) is 91.3 Å². The lowest BCUT2D eigenvalue weighted by atomic mass is 10.1. The molecule has 6 heteroatoms. The van der Waals surface area contributed by atoms with Crippen LogP contribution in [0.1, 0.15) is 32.0 Å². The third-order valence-electron chi connectivity index (χ3n) is 4.72. The molecule has 0 unspecified atom stereocenters. The minimum atomic E-state index is -1.12. The molecule has 0 aliphatic carbocycles. The SMILES string of the molecule is O=C(O)c1ccccc1NC(=O)c1cc(C#Cc2ccccn2)ccc1Nc1ccccc1. The molecule has 33 heavy (non-hydrogen) atoms. The number of amides is 1. The lowest BCUT2D eigenvalue weighted by molar-refractivity contribution is 0.0698. The smallest absolute Gasteiger partial charge is 0.337 e. The summed E-state index contributed by atoms with van der Waals surface area (Å²) < 4.78 is 0. The third-order valence-corrected chi connectivity index (χ3v) is 4.72. The third kappa shape index (κ3) is 5.43. The zero-order valence-corrected chi connectivity index (χ0v) is 17.4. The molecule has 0 bridgehead atoms. The van der Waals surface area contributed by atoms with Gasteiger partial charge >= 0.3 is 5.97 Å². The highest BCUT2D eigenvalue weighted by Gasteiger charge is 2.16. The summed E-state index contributed by atoms with van der Waals surface area (Å²) in [4.78, 5) is 28.9. The lowest BCUT2D eigenvalue weighted by Gasteiger charge is -2.14. The summed E-state index contributed by atoms with van der Waals surface area (Å²) in [5, 5.41) is 15.4. The van der Waals surface area contributed by atoms with Crippen molar-refractivity contribution in [2.75, 3.05) is 10.6 Å². The fourth-order valence-electron chi connectivity index (χ4n) is 3.14. The van der Waals surface area contributed by atoms with E-state index >= 15 is 0 Å². The number of nitrogens with zero attached hydrogens (tertiary/aromatic N) is 1. The maximum Gasteiger partial charge on any atom is 0.337 e. The van der Waals surface area contributed by atoms with Crippen LogP contribution >= 0.6 is 0 Å². The van der Waals surface area contributed by atoms with Gasteiger partial charge in [0.05, 0.1) is 22.5 Å². The van der Waals surface area contributed by atoms with Crippen LogP contribution in [0.2, 0.25) is 0 Å². The highest BCUT2D eigenvalue weighted by atomic mass is 16.4. The number of carboxylic acids is 1. The fraction of sp³-hybridized carbons (Fsp3) is 0. The minimum absolute atomic E-state index is 0.00881. The summed E-state index contributed by atoms with van der Waals surface area (Å²) in [5.74, 6) is 4.43. The molecule has 1 aromatic heterocycles. The molecule has 4 rings (SSSR count). The summed E-state index contributed by atoms with van der Waals surface area (Å²) in [7, 11) is 0. The van der Waals surface area contributed by atoms with Crippen molar-refractivity contribution in [3.8, 4) is 11.8 Å². The van der Waals surface area contributed by atoms with E-state index in [0.717, 1.165) is 5.69 Å². The highest BCUT2D eigenvalue weighted by molar-refractivity contribution is 6.11. The number of rotatable bonds is 5. The van der Waals surface area contributed by atoms with Crippen LogP contribution < -0.4 is 10.6 Å². The Bertz CT molecular complexity index is 1360. The zero-order valence-electron chi connectivity index (χ0n) is 17.4. The summed E-state index contributed by atoms with van der Waals surface area (Å²) in [6.07, 6.45) is 1.66. The van der Waals surface area contributed by atoms with Gasteiger partial charge in [-0.05, 0) is 60.5 Å². The average Bonchev–Trinajstić information content (AvgIpc) is 2.85. The highest BCUT2D eigenvalue weighted by Crippen LogP contribution is 2.24. The maximum atomic E-state index is 13.2. The van der Waals surface area contributed by atoms with E-state index < -0.39 is 11.9 Å². The van der Waals surface area contributed by atoms with Gasteiger partial charge in [0.15, 0.2) is 0 Å². The number of anilines is 3. The number of benzene rings is 3. The lowest BCUT2D eigenvalue weighted by Crippen LogP contribution is -2.16. The summed E-state index contributed by atoms with van der Waals surface area (Å²) in [6, 6.07) is 26.4. The van der Waals surface area contributed by atoms with Crippen LogP contribution in [0.3, 0.4) is 0 Å². The van der Waals surface area contributed by atoms with E-state index in [1.807, 2.05) is 48.5 Å². The summed E-state index contributed by atoms with van der Waals surface area (Å²) in [6.45, 7) is 0. The molecule has 1 heterocycles.